The number of rotatable bonds is 5. The zero-order valence-corrected chi connectivity index (χ0v) is 11.0. The highest BCUT2D eigenvalue weighted by Crippen LogP contribution is 2.23. The molecule has 1 radical (unpaired) electrons. The third-order valence-electron chi connectivity index (χ3n) is 3.17. The molecule has 0 spiro atoms. The van der Waals surface area contributed by atoms with E-state index in [1.54, 1.807) is 12.1 Å². The maximum absolute atomic E-state index is 12.0. The van der Waals surface area contributed by atoms with E-state index in [4.69, 9.17) is 4.74 Å². The second-order valence-corrected chi connectivity index (χ2v) is 4.82. The molecule has 0 aromatic heterocycles. The number of halogens is 3. The largest absolute Gasteiger partial charge is 0.573 e. The Bertz CT molecular complexity index is 400. The zero-order valence-electron chi connectivity index (χ0n) is 11.0. The first-order valence-corrected chi connectivity index (χ1v) is 6.58. The average molecular weight is 288 g/mol. The van der Waals surface area contributed by atoms with E-state index >= 15 is 0 Å². The second-order valence-electron chi connectivity index (χ2n) is 4.82. The topological polar surface area (TPSA) is 32.6 Å². The second kappa shape index (κ2) is 6.95. The van der Waals surface area contributed by atoms with Gasteiger partial charge in [-0.2, -0.15) is 0 Å². The van der Waals surface area contributed by atoms with Gasteiger partial charge >= 0.3 is 6.36 Å². The van der Waals surface area contributed by atoms with Crippen LogP contribution in [0.15, 0.2) is 24.3 Å². The minimum atomic E-state index is -4.65. The summed E-state index contributed by atoms with van der Waals surface area (Å²) in [5.41, 5.74) is 0.833. The normalized spacial score (nSPS) is 17.1. The van der Waals surface area contributed by atoms with Crippen molar-refractivity contribution in [3.8, 4) is 5.75 Å². The molecule has 1 aliphatic rings. The predicted molar refractivity (Wildman–Crippen MR) is 67.4 cm³/mol. The lowest BCUT2D eigenvalue weighted by atomic mass is 9.99. The van der Waals surface area contributed by atoms with E-state index in [0.29, 0.717) is 19.1 Å². The van der Waals surface area contributed by atoms with Gasteiger partial charge in [0.15, 0.2) is 0 Å². The van der Waals surface area contributed by atoms with E-state index in [2.05, 4.69) is 10.1 Å². The summed E-state index contributed by atoms with van der Waals surface area (Å²) in [6.07, 6.45) is -2.54. The van der Waals surface area contributed by atoms with Gasteiger partial charge in [0.25, 0.3) is 0 Å². The van der Waals surface area contributed by atoms with Gasteiger partial charge in [0.1, 0.15) is 5.75 Å². The molecule has 0 saturated carbocycles. The Kier molecular flexibility index (Phi) is 5.25. The fourth-order valence-corrected chi connectivity index (χ4v) is 2.10. The Morgan fingerprint density at radius 2 is 1.75 bits per heavy atom. The number of hydrogen-bond acceptors (Lipinski definition) is 2. The van der Waals surface area contributed by atoms with Crippen molar-refractivity contribution in [2.24, 2.45) is 5.92 Å². The van der Waals surface area contributed by atoms with E-state index in [1.165, 1.54) is 12.1 Å². The Labute approximate surface area is 116 Å². The zero-order chi connectivity index (χ0) is 14.4. The van der Waals surface area contributed by atoms with Gasteiger partial charge < -0.3 is 9.47 Å². The molecule has 0 N–H and O–H groups in total. The molecule has 3 nitrogen and oxygen atoms in total. The summed E-state index contributed by atoms with van der Waals surface area (Å²) < 4.78 is 45.4. The molecule has 2 rings (SSSR count). The van der Waals surface area contributed by atoms with E-state index in [9.17, 15) is 13.2 Å². The quantitative estimate of drug-likeness (QED) is 0.834. The molecule has 0 unspecified atom stereocenters. The van der Waals surface area contributed by atoms with Crippen LogP contribution in [-0.4, -0.2) is 26.1 Å². The standard InChI is InChI=1S/C14H17F3NO2/c15-14(16,17)20-13-3-1-11(2-4-13)9-19-10-12-5-7-18-8-6-12/h1-4,12H,5-10H2. The lowest BCUT2D eigenvalue weighted by Crippen LogP contribution is -2.25. The molecule has 6 heteroatoms. The summed E-state index contributed by atoms with van der Waals surface area (Å²) in [5, 5.41) is 4.27. The van der Waals surface area contributed by atoms with E-state index in [-0.39, 0.29) is 5.75 Å². The van der Waals surface area contributed by atoms with Gasteiger partial charge in [-0.05, 0) is 36.5 Å². The third kappa shape index (κ3) is 5.38. The fraction of sp³-hybridized carbons (Fsp3) is 0.571. The number of hydrogen-bond donors (Lipinski definition) is 0. The van der Waals surface area contributed by atoms with Gasteiger partial charge in [-0.25, -0.2) is 5.32 Å². The van der Waals surface area contributed by atoms with Crippen molar-refractivity contribution in [2.45, 2.75) is 25.8 Å². The summed E-state index contributed by atoms with van der Waals surface area (Å²) in [4.78, 5) is 0. The summed E-state index contributed by atoms with van der Waals surface area (Å²) >= 11 is 0. The first-order chi connectivity index (χ1) is 9.53. The van der Waals surface area contributed by atoms with Crippen LogP contribution in [0, 0.1) is 5.92 Å². The van der Waals surface area contributed by atoms with Crippen LogP contribution >= 0.6 is 0 Å². The molecular weight excluding hydrogens is 271 g/mol. The number of benzene rings is 1. The highest BCUT2D eigenvalue weighted by Gasteiger charge is 2.30. The fourth-order valence-electron chi connectivity index (χ4n) is 2.10. The Hall–Kier alpha value is -1.27. The summed E-state index contributed by atoms with van der Waals surface area (Å²) in [7, 11) is 0. The molecule has 0 atom stereocenters. The van der Waals surface area contributed by atoms with Crippen LogP contribution < -0.4 is 10.1 Å². The van der Waals surface area contributed by atoms with Crippen LogP contribution in [0.2, 0.25) is 0 Å². The summed E-state index contributed by atoms with van der Waals surface area (Å²) in [6, 6.07) is 5.76. The van der Waals surface area contributed by atoms with Gasteiger partial charge in [-0.1, -0.05) is 12.1 Å². The number of alkyl halides is 3. The van der Waals surface area contributed by atoms with Gasteiger partial charge in [-0.15, -0.1) is 13.2 Å². The van der Waals surface area contributed by atoms with Crippen molar-refractivity contribution in [1.82, 2.24) is 5.32 Å². The van der Waals surface area contributed by atoms with Crippen LogP contribution in [0.1, 0.15) is 18.4 Å². The molecule has 1 saturated heterocycles. The molecular formula is C14H17F3NO2. The maximum Gasteiger partial charge on any atom is 0.573 e. The van der Waals surface area contributed by atoms with Crippen molar-refractivity contribution in [3.63, 3.8) is 0 Å². The Morgan fingerprint density at radius 1 is 1.10 bits per heavy atom. The van der Waals surface area contributed by atoms with Gasteiger partial charge in [0.05, 0.1) is 6.61 Å². The van der Waals surface area contributed by atoms with E-state index < -0.39 is 6.36 Å². The SMILES string of the molecule is FC(F)(F)Oc1ccc(COCC2CC[N]CC2)cc1. The summed E-state index contributed by atoms with van der Waals surface area (Å²) in [6.45, 7) is 2.88. The van der Waals surface area contributed by atoms with Crippen molar-refractivity contribution in [2.75, 3.05) is 19.7 Å². The lowest BCUT2D eigenvalue weighted by molar-refractivity contribution is -0.274. The van der Waals surface area contributed by atoms with Crippen LogP contribution in [0.3, 0.4) is 0 Å². The van der Waals surface area contributed by atoms with Crippen molar-refractivity contribution < 1.29 is 22.6 Å². The monoisotopic (exact) mass is 288 g/mol. The van der Waals surface area contributed by atoms with Crippen LogP contribution in [0.25, 0.3) is 0 Å². The molecule has 1 aromatic carbocycles. The molecule has 1 aromatic rings. The van der Waals surface area contributed by atoms with Crippen molar-refractivity contribution in [3.05, 3.63) is 29.8 Å². The molecule has 0 amide bonds. The minimum absolute atomic E-state index is 0.213. The lowest BCUT2D eigenvalue weighted by Gasteiger charge is -2.21. The van der Waals surface area contributed by atoms with Gasteiger partial charge in [0, 0.05) is 19.7 Å². The molecule has 0 aliphatic carbocycles. The maximum atomic E-state index is 12.0. The van der Waals surface area contributed by atoms with Gasteiger partial charge in [0.2, 0.25) is 0 Å². The highest BCUT2D eigenvalue weighted by molar-refractivity contribution is 5.27. The molecule has 111 valence electrons. The van der Waals surface area contributed by atoms with Gasteiger partial charge in [-0.3, -0.25) is 0 Å². The van der Waals surface area contributed by atoms with Crippen LogP contribution in [0.4, 0.5) is 13.2 Å². The highest BCUT2D eigenvalue weighted by atomic mass is 19.4. The minimum Gasteiger partial charge on any atom is -0.406 e. The number of ether oxygens (including phenoxy) is 2. The molecule has 1 fully saturated rings. The van der Waals surface area contributed by atoms with Crippen LogP contribution in [0.5, 0.6) is 5.75 Å². The van der Waals surface area contributed by atoms with Crippen molar-refractivity contribution in [1.29, 1.82) is 0 Å². The number of piperidine rings is 1. The Balaban J connectivity index is 1.73. The van der Waals surface area contributed by atoms with E-state index in [1.807, 2.05) is 0 Å². The Morgan fingerprint density at radius 3 is 2.35 bits per heavy atom. The van der Waals surface area contributed by atoms with Crippen LogP contribution in [-0.2, 0) is 11.3 Å². The first-order valence-electron chi connectivity index (χ1n) is 6.58. The molecule has 1 aliphatic heterocycles. The number of nitrogens with zero attached hydrogens (tertiary/aromatic N) is 1. The third-order valence-corrected chi connectivity index (χ3v) is 3.17. The van der Waals surface area contributed by atoms with Crippen molar-refractivity contribution >= 4 is 0 Å². The molecule has 20 heavy (non-hydrogen) atoms. The summed E-state index contributed by atoms with van der Waals surface area (Å²) in [5.74, 6) is 0.329. The van der Waals surface area contributed by atoms with E-state index in [0.717, 1.165) is 31.5 Å². The first kappa shape index (κ1) is 15.1. The molecule has 1 heterocycles. The average Bonchev–Trinajstić information content (AvgIpc) is 2.40. The smallest absolute Gasteiger partial charge is 0.406 e. The molecule has 0 bridgehead atoms. The predicted octanol–water partition coefficient (Wildman–Crippen LogP) is 3.12.